The van der Waals surface area contributed by atoms with Crippen LogP contribution in [0, 0.1) is 0 Å². The Bertz CT molecular complexity index is 765. The van der Waals surface area contributed by atoms with Crippen LogP contribution in [0.4, 0.5) is 11.8 Å². The van der Waals surface area contributed by atoms with Gasteiger partial charge in [-0.3, -0.25) is 4.98 Å². The van der Waals surface area contributed by atoms with Gasteiger partial charge in [-0.2, -0.15) is 10.1 Å². The van der Waals surface area contributed by atoms with Gasteiger partial charge in [-0.1, -0.05) is 35.9 Å². The summed E-state index contributed by atoms with van der Waals surface area (Å²) < 4.78 is 0. The van der Waals surface area contributed by atoms with E-state index in [1.54, 1.807) is 12.4 Å². The van der Waals surface area contributed by atoms with Gasteiger partial charge in [-0.05, 0) is 23.8 Å². The molecule has 0 aliphatic carbocycles. The molecule has 0 aliphatic heterocycles. The molecule has 2 N–H and O–H groups in total. The maximum absolute atomic E-state index is 6.13. The predicted octanol–water partition coefficient (Wildman–Crippen LogP) is 3.14. The quantitative estimate of drug-likeness (QED) is 0.724. The first kappa shape index (κ1) is 15.2. The minimum absolute atomic E-state index is 0.444. The molecule has 2 aromatic heterocycles. The van der Waals surface area contributed by atoms with Gasteiger partial charge in [0, 0.05) is 17.8 Å². The van der Waals surface area contributed by atoms with Gasteiger partial charge < -0.3 is 10.6 Å². The number of anilines is 2. The number of nitrogens with one attached hydrogen (secondary N) is 2. The van der Waals surface area contributed by atoms with Crippen LogP contribution in [-0.4, -0.2) is 20.2 Å². The molecule has 7 heteroatoms. The molecule has 2 heterocycles. The number of hydrogen-bond donors (Lipinski definition) is 2. The summed E-state index contributed by atoms with van der Waals surface area (Å²) in [4.78, 5) is 8.60. The van der Waals surface area contributed by atoms with Crippen LogP contribution in [0.1, 0.15) is 11.3 Å². The van der Waals surface area contributed by atoms with Crippen LogP contribution in [-0.2, 0) is 13.1 Å². The van der Waals surface area contributed by atoms with Crippen molar-refractivity contribution in [1.82, 2.24) is 20.2 Å². The summed E-state index contributed by atoms with van der Waals surface area (Å²) in [6.07, 6.45) is 3.32. The van der Waals surface area contributed by atoms with Crippen LogP contribution in [0.2, 0.25) is 5.02 Å². The fourth-order valence-corrected chi connectivity index (χ4v) is 2.17. The zero-order valence-electron chi connectivity index (χ0n) is 12.3. The van der Waals surface area contributed by atoms with Gasteiger partial charge in [-0.25, -0.2) is 0 Å². The molecule has 0 saturated heterocycles. The van der Waals surface area contributed by atoms with Crippen LogP contribution >= 0.6 is 11.6 Å². The van der Waals surface area contributed by atoms with E-state index in [1.165, 1.54) is 0 Å². The van der Waals surface area contributed by atoms with Gasteiger partial charge in [0.2, 0.25) is 5.95 Å². The third-order valence-corrected chi connectivity index (χ3v) is 3.50. The summed E-state index contributed by atoms with van der Waals surface area (Å²) >= 11 is 6.13. The molecule has 0 spiro atoms. The third kappa shape index (κ3) is 4.37. The highest BCUT2D eigenvalue weighted by Crippen LogP contribution is 2.16. The molecule has 0 aliphatic rings. The van der Waals surface area contributed by atoms with Crippen molar-refractivity contribution in [3.63, 3.8) is 0 Å². The first-order valence-electron chi connectivity index (χ1n) is 7.12. The van der Waals surface area contributed by atoms with E-state index < -0.39 is 0 Å². The standard InChI is InChI=1S/C16H15ClN6/c17-14-7-2-1-5-12(14)9-19-15-11-21-23-16(22-15)20-10-13-6-3-4-8-18-13/h1-8,11H,9-10H2,(H2,19,20,22,23). The van der Waals surface area contributed by atoms with Crippen LogP contribution in [0.25, 0.3) is 0 Å². The Morgan fingerprint density at radius 1 is 0.957 bits per heavy atom. The van der Waals surface area contributed by atoms with Crippen LogP contribution < -0.4 is 10.6 Å². The molecule has 3 aromatic rings. The van der Waals surface area contributed by atoms with Crippen molar-refractivity contribution >= 4 is 23.4 Å². The maximum Gasteiger partial charge on any atom is 0.245 e. The second kappa shape index (κ2) is 7.51. The van der Waals surface area contributed by atoms with Crippen molar-refractivity contribution in [2.75, 3.05) is 10.6 Å². The molecule has 0 unspecified atom stereocenters. The zero-order valence-corrected chi connectivity index (χ0v) is 13.0. The Kier molecular flexibility index (Phi) is 4.95. The third-order valence-electron chi connectivity index (χ3n) is 3.13. The molecule has 3 rings (SSSR count). The Morgan fingerprint density at radius 3 is 2.65 bits per heavy atom. The van der Waals surface area contributed by atoms with E-state index in [-0.39, 0.29) is 0 Å². The first-order chi connectivity index (χ1) is 11.3. The minimum atomic E-state index is 0.444. The summed E-state index contributed by atoms with van der Waals surface area (Å²) in [5, 5.41) is 14.9. The lowest BCUT2D eigenvalue weighted by molar-refractivity contribution is 0.925. The summed E-state index contributed by atoms with van der Waals surface area (Å²) in [5.41, 5.74) is 1.90. The van der Waals surface area contributed by atoms with Crippen LogP contribution in [0.3, 0.4) is 0 Å². The number of benzene rings is 1. The van der Waals surface area contributed by atoms with Crippen LogP contribution in [0.15, 0.2) is 54.9 Å². The van der Waals surface area contributed by atoms with E-state index in [0.717, 1.165) is 16.3 Å². The lowest BCUT2D eigenvalue weighted by atomic mass is 10.2. The smallest absolute Gasteiger partial charge is 0.245 e. The van der Waals surface area contributed by atoms with Crippen molar-refractivity contribution in [2.45, 2.75) is 13.1 Å². The molecule has 6 nitrogen and oxygen atoms in total. The molecule has 0 fully saturated rings. The molecule has 0 amide bonds. The second-order valence-electron chi connectivity index (χ2n) is 4.78. The maximum atomic E-state index is 6.13. The zero-order chi connectivity index (χ0) is 15.9. The van der Waals surface area contributed by atoms with Gasteiger partial charge in [0.15, 0.2) is 5.82 Å². The lowest BCUT2D eigenvalue weighted by Crippen LogP contribution is -2.08. The van der Waals surface area contributed by atoms with Crippen molar-refractivity contribution in [3.8, 4) is 0 Å². The normalized spacial score (nSPS) is 10.3. The number of rotatable bonds is 6. The summed E-state index contributed by atoms with van der Waals surface area (Å²) in [6, 6.07) is 13.4. The molecule has 0 atom stereocenters. The minimum Gasteiger partial charge on any atom is -0.364 e. The number of halogens is 1. The molecule has 0 bridgehead atoms. The number of aromatic nitrogens is 4. The lowest BCUT2D eigenvalue weighted by Gasteiger charge is -2.08. The summed E-state index contributed by atoms with van der Waals surface area (Å²) in [6.45, 7) is 1.11. The fraction of sp³-hybridized carbons (Fsp3) is 0.125. The largest absolute Gasteiger partial charge is 0.364 e. The van der Waals surface area contributed by atoms with Crippen molar-refractivity contribution in [3.05, 3.63) is 71.1 Å². The first-order valence-corrected chi connectivity index (χ1v) is 7.50. The van der Waals surface area contributed by atoms with Gasteiger partial charge in [0.25, 0.3) is 0 Å². The summed E-state index contributed by atoms with van der Waals surface area (Å²) in [7, 11) is 0. The number of pyridine rings is 1. The Hall–Kier alpha value is -2.73. The molecule has 23 heavy (non-hydrogen) atoms. The average Bonchev–Trinajstić information content (AvgIpc) is 2.61. The Morgan fingerprint density at radius 2 is 1.83 bits per heavy atom. The monoisotopic (exact) mass is 326 g/mol. The number of nitrogens with zero attached hydrogens (tertiary/aromatic N) is 4. The molecule has 0 saturated carbocycles. The van der Waals surface area contributed by atoms with Gasteiger partial charge in [-0.15, -0.1) is 5.10 Å². The Balaban J connectivity index is 1.60. The highest BCUT2D eigenvalue weighted by Gasteiger charge is 2.03. The van der Waals surface area contributed by atoms with Gasteiger partial charge in [0.05, 0.1) is 18.4 Å². The summed E-state index contributed by atoms with van der Waals surface area (Å²) in [5.74, 6) is 1.07. The highest BCUT2D eigenvalue weighted by molar-refractivity contribution is 6.31. The topological polar surface area (TPSA) is 75.6 Å². The van der Waals surface area contributed by atoms with Crippen LogP contribution in [0.5, 0.6) is 0 Å². The van der Waals surface area contributed by atoms with Crippen molar-refractivity contribution in [1.29, 1.82) is 0 Å². The average molecular weight is 327 g/mol. The fourth-order valence-electron chi connectivity index (χ4n) is 1.96. The molecule has 116 valence electrons. The molecular formula is C16H15ClN6. The van der Waals surface area contributed by atoms with Crippen molar-refractivity contribution in [2.24, 2.45) is 0 Å². The Labute approximate surface area is 139 Å². The van der Waals surface area contributed by atoms with E-state index >= 15 is 0 Å². The van der Waals surface area contributed by atoms with E-state index in [4.69, 9.17) is 11.6 Å². The second-order valence-corrected chi connectivity index (χ2v) is 5.19. The number of hydrogen-bond acceptors (Lipinski definition) is 6. The van der Waals surface area contributed by atoms with E-state index in [1.807, 2.05) is 42.5 Å². The molecule has 1 aromatic carbocycles. The van der Waals surface area contributed by atoms with Gasteiger partial charge in [0.1, 0.15) is 0 Å². The van der Waals surface area contributed by atoms with E-state index in [2.05, 4.69) is 30.8 Å². The van der Waals surface area contributed by atoms with E-state index in [0.29, 0.717) is 24.9 Å². The van der Waals surface area contributed by atoms with Gasteiger partial charge >= 0.3 is 0 Å². The van der Waals surface area contributed by atoms with E-state index in [9.17, 15) is 0 Å². The molecular weight excluding hydrogens is 312 g/mol. The molecule has 0 radical (unpaired) electrons. The predicted molar refractivity (Wildman–Crippen MR) is 90.2 cm³/mol. The SMILES string of the molecule is Clc1ccccc1CNc1cnnc(NCc2ccccn2)n1. The van der Waals surface area contributed by atoms with Crippen molar-refractivity contribution < 1.29 is 0 Å². The highest BCUT2D eigenvalue weighted by atomic mass is 35.5.